The summed E-state index contributed by atoms with van der Waals surface area (Å²) >= 11 is 0. The Morgan fingerprint density at radius 2 is 1.85 bits per heavy atom. The lowest BCUT2D eigenvalue weighted by Crippen LogP contribution is -2.47. The maximum Gasteiger partial charge on any atom is 0.146 e. The van der Waals surface area contributed by atoms with Crippen molar-refractivity contribution in [1.29, 1.82) is 0 Å². The minimum atomic E-state index is -1.71. The Kier molecular flexibility index (Phi) is 5.68. The molecule has 4 aromatic rings. The topological polar surface area (TPSA) is 92.0 Å². The molecule has 0 atom stereocenters. The normalized spacial score (nSPS) is 18.3. The third kappa shape index (κ3) is 4.14. The van der Waals surface area contributed by atoms with E-state index in [0.717, 1.165) is 53.5 Å². The lowest BCUT2D eigenvalue weighted by atomic mass is 9.80. The van der Waals surface area contributed by atoms with Gasteiger partial charge in [-0.25, -0.2) is 9.97 Å². The molecule has 2 aromatic carbocycles. The number of aromatic nitrogens is 3. The van der Waals surface area contributed by atoms with E-state index in [1.807, 2.05) is 12.1 Å². The van der Waals surface area contributed by atoms with Crippen molar-refractivity contribution in [3.63, 3.8) is 0 Å². The Bertz CT molecular complexity index is 1260. The summed E-state index contributed by atoms with van der Waals surface area (Å²) in [5.41, 5.74) is 15.2. The summed E-state index contributed by atoms with van der Waals surface area (Å²) in [7, 11) is -1.71. The van der Waals surface area contributed by atoms with Crippen LogP contribution in [0.3, 0.4) is 0 Å². The third-order valence-corrected chi connectivity index (χ3v) is 9.64. The lowest BCUT2D eigenvalue weighted by molar-refractivity contribution is 0.209. The number of rotatable bonds is 7. The molecule has 1 aliphatic rings. The molecule has 1 aliphatic carbocycles. The molecule has 1 fully saturated rings. The van der Waals surface area contributed by atoms with Crippen molar-refractivity contribution >= 4 is 30.1 Å². The van der Waals surface area contributed by atoms with Gasteiger partial charge >= 0.3 is 0 Å². The summed E-state index contributed by atoms with van der Waals surface area (Å²) in [6, 6.07) is 19.3. The van der Waals surface area contributed by atoms with E-state index in [1.54, 1.807) is 6.33 Å². The summed E-state index contributed by atoms with van der Waals surface area (Å²) in [5, 5.41) is 2.30. The maximum absolute atomic E-state index is 6.33. The molecule has 5 rings (SSSR count). The number of nitrogens with zero attached hydrogens (tertiary/aromatic N) is 3. The second-order valence-electron chi connectivity index (χ2n) is 9.70. The highest BCUT2D eigenvalue weighted by molar-refractivity contribution is 6.89. The van der Waals surface area contributed by atoms with E-state index in [9.17, 15) is 0 Å². The molecular weight excluding hydrogens is 426 g/mol. The molecule has 33 heavy (non-hydrogen) atoms. The smallest absolute Gasteiger partial charge is 0.146 e. The van der Waals surface area contributed by atoms with Crippen molar-refractivity contribution in [1.82, 2.24) is 14.5 Å². The largest absolute Gasteiger partial charge is 0.497 e. The Labute approximate surface area is 195 Å². The summed E-state index contributed by atoms with van der Waals surface area (Å²) in [6.45, 7) is 5.41. The van der Waals surface area contributed by atoms with Gasteiger partial charge in [0, 0.05) is 17.8 Å². The molecule has 6 nitrogen and oxygen atoms in total. The van der Waals surface area contributed by atoms with Gasteiger partial charge in [-0.2, -0.15) is 0 Å². The Hall–Kier alpha value is -3.16. The Morgan fingerprint density at radius 3 is 2.61 bits per heavy atom. The van der Waals surface area contributed by atoms with E-state index < -0.39 is 8.07 Å². The van der Waals surface area contributed by atoms with Gasteiger partial charge in [-0.1, -0.05) is 60.7 Å². The molecule has 1 saturated carbocycles. The SMILES string of the molecule is C[Si](C)(COc1cccc(-c2cn(C3CC(CN)C3)c3ncnc(N)c23)c1)c1ccccc1. The van der Waals surface area contributed by atoms with Crippen molar-refractivity contribution in [2.45, 2.75) is 32.0 Å². The first kappa shape index (κ1) is 21.7. The molecular formula is C26H31N5OSi. The number of benzene rings is 2. The average molecular weight is 458 g/mol. The molecule has 4 N–H and O–H groups in total. The highest BCUT2D eigenvalue weighted by atomic mass is 28.3. The fourth-order valence-electron chi connectivity index (χ4n) is 4.72. The number of ether oxygens (including phenoxy) is 1. The number of anilines is 1. The second-order valence-corrected chi connectivity index (χ2v) is 14.3. The fourth-order valence-corrected chi connectivity index (χ4v) is 6.50. The van der Waals surface area contributed by atoms with E-state index in [2.05, 4.69) is 76.3 Å². The molecule has 0 spiro atoms. The van der Waals surface area contributed by atoms with Crippen molar-refractivity contribution in [3.05, 3.63) is 67.1 Å². The van der Waals surface area contributed by atoms with Gasteiger partial charge in [-0.15, -0.1) is 0 Å². The Morgan fingerprint density at radius 1 is 1.06 bits per heavy atom. The molecule has 0 saturated heterocycles. The summed E-state index contributed by atoms with van der Waals surface area (Å²) in [6.07, 6.45) is 6.59. The van der Waals surface area contributed by atoms with Crippen molar-refractivity contribution in [3.8, 4) is 16.9 Å². The first-order chi connectivity index (χ1) is 16.0. The van der Waals surface area contributed by atoms with Gasteiger partial charge < -0.3 is 20.8 Å². The monoisotopic (exact) mass is 457 g/mol. The van der Waals surface area contributed by atoms with Gasteiger partial charge in [-0.05, 0) is 43.0 Å². The van der Waals surface area contributed by atoms with Crippen molar-refractivity contribution in [2.75, 3.05) is 18.5 Å². The second kappa shape index (κ2) is 8.65. The molecule has 2 heterocycles. The molecule has 0 amide bonds. The maximum atomic E-state index is 6.33. The van der Waals surface area contributed by atoms with Crippen LogP contribution in [-0.4, -0.2) is 35.4 Å². The molecule has 0 radical (unpaired) electrons. The molecule has 0 aliphatic heterocycles. The number of fused-ring (bicyclic) bond motifs is 1. The zero-order valence-electron chi connectivity index (χ0n) is 19.2. The molecule has 170 valence electrons. The van der Waals surface area contributed by atoms with Gasteiger partial charge in [0.05, 0.1) is 11.6 Å². The van der Waals surface area contributed by atoms with Crippen LogP contribution in [0.15, 0.2) is 67.1 Å². The van der Waals surface area contributed by atoms with E-state index in [0.29, 0.717) is 17.8 Å². The zero-order chi connectivity index (χ0) is 23.0. The lowest BCUT2D eigenvalue weighted by Gasteiger charge is -2.35. The molecule has 0 bridgehead atoms. The quantitative estimate of drug-likeness (QED) is 0.407. The van der Waals surface area contributed by atoms with Crippen molar-refractivity contribution < 1.29 is 4.74 Å². The average Bonchev–Trinajstić information content (AvgIpc) is 3.19. The van der Waals surface area contributed by atoms with E-state index in [-0.39, 0.29) is 0 Å². The van der Waals surface area contributed by atoms with Gasteiger partial charge in [-0.3, -0.25) is 0 Å². The number of nitrogens with two attached hydrogens (primary N) is 2. The van der Waals surface area contributed by atoms with Crippen LogP contribution in [0.25, 0.3) is 22.2 Å². The molecule has 7 heteroatoms. The van der Waals surface area contributed by atoms with E-state index in [4.69, 9.17) is 16.2 Å². The summed E-state index contributed by atoms with van der Waals surface area (Å²) in [5.74, 6) is 1.96. The van der Waals surface area contributed by atoms with E-state index >= 15 is 0 Å². The van der Waals surface area contributed by atoms with Crippen molar-refractivity contribution in [2.24, 2.45) is 11.7 Å². The number of hydrogen-bond acceptors (Lipinski definition) is 5. The standard InChI is InChI=1S/C26H31N5OSi/c1-33(2,22-9-4-3-5-10-22)17-32-21-8-6-7-19(13-21)23-15-31(20-11-18(12-20)14-27)26-24(23)25(28)29-16-30-26/h3-10,13,15-16,18,20H,11-12,14,17,27H2,1-2H3,(H2,28,29,30). The highest BCUT2D eigenvalue weighted by Gasteiger charge is 2.31. The first-order valence-electron chi connectivity index (χ1n) is 11.6. The highest BCUT2D eigenvalue weighted by Crippen LogP contribution is 2.42. The number of hydrogen-bond donors (Lipinski definition) is 2. The van der Waals surface area contributed by atoms with Crippen LogP contribution >= 0.6 is 0 Å². The van der Waals surface area contributed by atoms with Crippen LogP contribution < -0.4 is 21.4 Å². The Balaban J connectivity index is 1.45. The fraction of sp³-hybridized carbons (Fsp3) is 0.308. The van der Waals surface area contributed by atoms with Gasteiger partial charge in [0.15, 0.2) is 0 Å². The van der Waals surface area contributed by atoms with Crippen LogP contribution in [0.2, 0.25) is 13.1 Å². The third-order valence-electron chi connectivity index (χ3n) is 6.88. The summed E-state index contributed by atoms with van der Waals surface area (Å²) in [4.78, 5) is 8.85. The van der Waals surface area contributed by atoms with E-state index in [1.165, 1.54) is 5.19 Å². The van der Waals surface area contributed by atoms with Gasteiger partial charge in [0.25, 0.3) is 0 Å². The van der Waals surface area contributed by atoms with Crippen LogP contribution in [0.1, 0.15) is 18.9 Å². The van der Waals surface area contributed by atoms with Crippen LogP contribution in [0.5, 0.6) is 5.75 Å². The predicted octanol–water partition coefficient (Wildman–Crippen LogP) is 4.12. The predicted molar refractivity (Wildman–Crippen MR) is 137 cm³/mol. The number of nitrogen functional groups attached to an aromatic ring is 1. The van der Waals surface area contributed by atoms with Crippen LogP contribution in [0, 0.1) is 5.92 Å². The zero-order valence-corrected chi connectivity index (χ0v) is 20.2. The minimum absolute atomic E-state index is 0.404. The molecule has 2 aromatic heterocycles. The van der Waals surface area contributed by atoms with Gasteiger partial charge in [0.2, 0.25) is 0 Å². The molecule has 0 unspecified atom stereocenters. The van der Waals surface area contributed by atoms with Crippen LogP contribution in [-0.2, 0) is 0 Å². The van der Waals surface area contributed by atoms with Crippen LogP contribution in [0.4, 0.5) is 5.82 Å². The van der Waals surface area contributed by atoms with Gasteiger partial charge in [0.1, 0.15) is 31.6 Å². The minimum Gasteiger partial charge on any atom is -0.497 e. The summed E-state index contributed by atoms with van der Waals surface area (Å²) < 4.78 is 8.58. The first-order valence-corrected chi connectivity index (χ1v) is 14.8.